The maximum atomic E-state index is 12.3. The number of alkyl halides is 2. The van der Waals surface area contributed by atoms with E-state index in [-0.39, 0.29) is 23.1 Å². The van der Waals surface area contributed by atoms with Gasteiger partial charge in [-0.05, 0) is 6.07 Å². The van der Waals surface area contributed by atoms with Gasteiger partial charge < -0.3 is 10.8 Å². The minimum absolute atomic E-state index is 0.173. The van der Waals surface area contributed by atoms with Crippen LogP contribution < -0.4 is 5.73 Å². The predicted octanol–water partition coefficient (Wildman–Crippen LogP) is 1.75. The Labute approximate surface area is 78.1 Å². The number of hydrogen-bond donors (Lipinski definition) is 2. The minimum atomic E-state index is -2.76. The molecule has 0 aliphatic heterocycles. The summed E-state index contributed by atoms with van der Waals surface area (Å²) in [5, 5.41) is 8.48. The largest absolute Gasteiger partial charge is 0.390 e. The van der Waals surface area contributed by atoms with Gasteiger partial charge in [-0.3, -0.25) is 0 Å². The van der Waals surface area contributed by atoms with E-state index in [0.29, 0.717) is 0 Å². The van der Waals surface area contributed by atoms with Crippen LogP contribution in [0, 0.1) is 0 Å². The van der Waals surface area contributed by atoms with Crippen LogP contribution in [-0.2, 0) is 6.61 Å². The fourth-order valence-corrected chi connectivity index (χ4v) is 1.20. The van der Waals surface area contributed by atoms with Crippen molar-refractivity contribution < 1.29 is 13.9 Å². The molecule has 0 aliphatic rings. The summed E-state index contributed by atoms with van der Waals surface area (Å²) in [6.45, 7) is -0.382. The third-order valence-electron chi connectivity index (χ3n) is 1.47. The lowest BCUT2D eigenvalue weighted by Crippen LogP contribution is -2.02. The highest BCUT2D eigenvalue weighted by Crippen LogP contribution is 2.31. The Morgan fingerprint density at radius 2 is 2.23 bits per heavy atom. The first-order valence-corrected chi connectivity index (χ1v) is 3.78. The first-order valence-electron chi connectivity index (χ1n) is 3.40. The Balaban J connectivity index is 3.23. The first-order chi connectivity index (χ1) is 6.06. The SMILES string of the molecule is Nc1nc(CO)cc(Cl)c1C(F)F. The number of pyridine rings is 1. The summed E-state index contributed by atoms with van der Waals surface area (Å²) in [7, 11) is 0. The molecule has 0 atom stereocenters. The standard InChI is InChI=1S/C7H7ClF2N2O/c8-4-1-3(2-13)12-7(11)5(4)6(9)10/h1,6,13H,2H2,(H2,11,12). The van der Waals surface area contributed by atoms with Crippen LogP contribution in [0.4, 0.5) is 14.6 Å². The molecule has 1 aromatic heterocycles. The van der Waals surface area contributed by atoms with Crippen molar-refractivity contribution in [3.63, 3.8) is 0 Å². The van der Waals surface area contributed by atoms with Crippen LogP contribution in [0.3, 0.4) is 0 Å². The van der Waals surface area contributed by atoms with Crippen molar-refractivity contribution in [1.82, 2.24) is 4.98 Å². The molecule has 0 fully saturated rings. The molecule has 13 heavy (non-hydrogen) atoms. The first kappa shape index (κ1) is 10.1. The molecule has 1 heterocycles. The smallest absolute Gasteiger partial charge is 0.268 e. The van der Waals surface area contributed by atoms with Crippen LogP contribution in [0.1, 0.15) is 17.7 Å². The average Bonchev–Trinajstić information content (AvgIpc) is 2.02. The highest BCUT2D eigenvalue weighted by atomic mass is 35.5. The summed E-state index contributed by atoms with van der Waals surface area (Å²) in [5.74, 6) is -0.341. The summed E-state index contributed by atoms with van der Waals surface area (Å²) < 4.78 is 24.5. The number of anilines is 1. The maximum absolute atomic E-state index is 12.3. The highest BCUT2D eigenvalue weighted by Gasteiger charge is 2.17. The van der Waals surface area contributed by atoms with E-state index in [9.17, 15) is 8.78 Å². The van der Waals surface area contributed by atoms with Crippen molar-refractivity contribution >= 4 is 17.4 Å². The molecule has 72 valence electrons. The Kier molecular flexibility index (Phi) is 3.00. The highest BCUT2D eigenvalue weighted by molar-refractivity contribution is 6.31. The molecule has 6 heteroatoms. The zero-order valence-electron chi connectivity index (χ0n) is 6.47. The second kappa shape index (κ2) is 3.85. The molecule has 0 amide bonds. The van der Waals surface area contributed by atoms with Crippen molar-refractivity contribution in [3.05, 3.63) is 22.3 Å². The second-order valence-electron chi connectivity index (χ2n) is 2.35. The number of aliphatic hydroxyl groups is 1. The van der Waals surface area contributed by atoms with Gasteiger partial charge in [0.25, 0.3) is 6.43 Å². The lowest BCUT2D eigenvalue weighted by atomic mass is 10.2. The number of aliphatic hydroxyl groups excluding tert-OH is 1. The van der Waals surface area contributed by atoms with Gasteiger partial charge in [0, 0.05) is 0 Å². The number of nitrogens with two attached hydrogens (primary N) is 1. The molecule has 1 aromatic rings. The Morgan fingerprint density at radius 1 is 1.62 bits per heavy atom. The third kappa shape index (κ3) is 2.05. The van der Waals surface area contributed by atoms with Gasteiger partial charge >= 0.3 is 0 Å². The maximum Gasteiger partial charge on any atom is 0.268 e. The second-order valence-corrected chi connectivity index (χ2v) is 2.76. The summed E-state index contributed by atoms with van der Waals surface area (Å²) in [5.41, 5.74) is 4.90. The molecule has 0 saturated carbocycles. The van der Waals surface area contributed by atoms with E-state index in [0.717, 1.165) is 0 Å². The number of aromatic nitrogens is 1. The summed E-state index contributed by atoms with van der Waals surface area (Å²) >= 11 is 5.50. The molecule has 3 N–H and O–H groups in total. The molecule has 1 rings (SSSR count). The van der Waals surface area contributed by atoms with E-state index in [4.69, 9.17) is 22.4 Å². The summed E-state index contributed by atoms with van der Waals surface area (Å²) in [6, 6.07) is 1.17. The number of rotatable bonds is 2. The van der Waals surface area contributed by atoms with Gasteiger partial charge in [-0.1, -0.05) is 11.6 Å². The van der Waals surface area contributed by atoms with Crippen LogP contribution in [0.25, 0.3) is 0 Å². The van der Waals surface area contributed by atoms with E-state index in [1.807, 2.05) is 0 Å². The zero-order chi connectivity index (χ0) is 10.0. The lowest BCUT2D eigenvalue weighted by Gasteiger charge is -2.07. The topological polar surface area (TPSA) is 59.1 Å². The molecule has 0 bridgehead atoms. The normalized spacial score (nSPS) is 10.8. The molecule has 0 radical (unpaired) electrons. The number of nitrogens with zero attached hydrogens (tertiary/aromatic N) is 1. The minimum Gasteiger partial charge on any atom is -0.390 e. The monoisotopic (exact) mass is 208 g/mol. The molecule has 0 saturated heterocycles. The Hall–Kier alpha value is -0.940. The van der Waals surface area contributed by atoms with Crippen LogP contribution >= 0.6 is 11.6 Å². The predicted molar refractivity (Wildman–Crippen MR) is 44.5 cm³/mol. The Morgan fingerprint density at radius 3 is 2.62 bits per heavy atom. The molecular weight excluding hydrogens is 202 g/mol. The van der Waals surface area contributed by atoms with Crippen molar-refractivity contribution in [1.29, 1.82) is 0 Å². The average molecular weight is 209 g/mol. The molecule has 0 aliphatic carbocycles. The molecule has 0 aromatic carbocycles. The van der Waals surface area contributed by atoms with Gasteiger partial charge in [-0.15, -0.1) is 0 Å². The van der Waals surface area contributed by atoms with E-state index in [1.54, 1.807) is 0 Å². The summed E-state index contributed by atoms with van der Waals surface area (Å²) in [6.07, 6.45) is -2.76. The van der Waals surface area contributed by atoms with Gasteiger partial charge in [-0.2, -0.15) is 0 Å². The van der Waals surface area contributed by atoms with Crippen LogP contribution in [0.5, 0.6) is 0 Å². The van der Waals surface area contributed by atoms with Crippen LogP contribution in [-0.4, -0.2) is 10.1 Å². The van der Waals surface area contributed by atoms with Crippen molar-refractivity contribution in [2.24, 2.45) is 0 Å². The summed E-state index contributed by atoms with van der Waals surface area (Å²) in [4.78, 5) is 3.54. The molecule has 0 spiro atoms. The van der Waals surface area contributed by atoms with Crippen molar-refractivity contribution in [3.8, 4) is 0 Å². The fraction of sp³-hybridized carbons (Fsp3) is 0.286. The van der Waals surface area contributed by atoms with Crippen molar-refractivity contribution in [2.75, 3.05) is 5.73 Å². The zero-order valence-corrected chi connectivity index (χ0v) is 7.22. The Bertz CT molecular complexity index is 296. The fourth-order valence-electron chi connectivity index (χ4n) is 0.891. The van der Waals surface area contributed by atoms with Gasteiger partial charge in [0.2, 0.25) is 0 Å². The van der Waals surface area contributed by atoms with Crippen LogP contribution in [0.15, 0.2) is 6.07 Å². The van der Waals surface area contributed by atoms with Gasteiger partial charge in [0.05, 0.1) is 22.9 Å². The van der Waals surface area contributed by atoms with E-state index >= 15 is 0 Å². The van der Waals surface area contributed by atoms with Crippen LogP contribution in [0.2, 0.25) is 5.02 Å². The van der Waals surface area contributed by atoms with Gasteiger partial charge in [0.15, 0.2) is 0 Å². The van der Waals surface area contributed by atoms with Gasteiger partial charge in [0.1, 0.15) is 5.82 Å². The van der Waals surface area contributed by atoms with E-state index < -0.39 is 12.0 Å². The number of hydrogen-bond acceptors (Lipinski definition) is 3. The lowest BCUT2D eigenvalue weighted by molar-refractivity contribution is 0.152. The third-order valence-corrected chi connectivity index (χ3v) is 1.78. The molecule has 3 nitrogen and oxygen atoms in total. The van der Waals surface area contributed by atoms with Gasteiger partial charge in [-0.25, -0.2) is 13.8 Å². The van der Waals surface area contributed by atoms with E-state index in [2.05, 4.69) is 4.98 Å². The number of halogens is 3. The molecule has 0 unspecified atom stereocenters. The number of nitrogen functional groups attached to an aromatic ring is 1. The quantitative estimate of drug-likeness (QED) is 0.779. The molecular formula is C7H7ClF2N2O. The van der Waals surface area contributed by atoms with Crippen molar-refractivity contribution in [2.45, 2.75) is 13.0 Å². The van der Waals surface area contributed by atoms with E-state index in [1.165, 1.54) is 6.07 Å².